The van der Waals surface area contributed by atoms with E-state index in [9.17, 15) is 20.1 Å². The van der Waals surface area contributed by atoms with Crippen LogP contribution in [0.2, 0.25) is 0 Å². The number of aliphatic hydroxyl groups is 3. The molecule has 0 heterocycles. The van der Waals surface area contributed by atoms with Crippen LogP contribution in [0.1, 0.15) is 117 Å². The van der Waals surface area contributed by atoms with Gasteiger partial charge in [0.25, 0.3) is 0 Å². The molecule has 0 saturated heterocycles. The van der Waals surface area contributed by atoms with Gasteiger partial charge in [0, 0.05) is 0 Å². The molecule has 0 aromatic heterocycles. The Bertz CT molecular complexity index is 353. The summed E-state index contributed by atoms with van der Waals surface area (Å²) in [5.41, 5.74) is 0. The van der Waals surface area contributed by atoms with E-state index in [1.54, 1.807) is 0 Å². The van der Waals surface area contributed by atoms with Gasteiger partial charge in [-0.05, 0) is 20.3 Å². The monoisotopic (exact) mass is 401 g/mol. The summed E-state index contributed by atoms with van der Waals surface area (Å²) in [5.74, 6) is -0.913. The van der Waals surface area contributed by atoms with Gasteiger partial charge < -0.3 is 15.3 Å². The summed E-state index contributed by atoms with van der Waals surface area (Å²) in [7, 11) is 0. The predicted molar refractivity (Wildman–Crippen MR) is 116 cm³/mol. The quantitative estimate of drug-likeness (QED) is 0.211. The Morgan fingerprint density at radius 2 is 1.07 bits per heavy atom. The molecule has 0 aliphatic carbocycles. The lowest BCUT2D eigenvalue weighted by Gasteiger charge is -2.31. The van der Waals surface area contributed by atoms with Crippen molar-refractivity contribution in [1.82, 2.24) is 4.90 Å². The van der Waals surface area contributed by atoms with Crippen molar-refractivity contribution in [2.75, 3.05) is 6.61 Å². The molecule has 0 aliphatic rings. The highest BCUT2D eigenvalue weighted by Gasteiger charge is 2.28. The van der Waals surface area contributed by atoms with E-state index in [0.29, 0.717) is 6.42 Å². The van der Waals surface area contributed by atoms with Crippen LogP contribution in [0.15, 0.2) is 0 Å². The number of aliphatic hydroxyl groups excluding tert-OH is 3. The molecule has 0 aromatic carbocycles. The second-order valence-corrected chi connectivity index (χ2v) is 8.27. The number of unbranched alkanes of at least 4 members (excludes halogenated alkanes) is 13. The predicted octanol–water partition coefficient (Wildman–Crippen LogP) is 4.97. The van der Waals surface area contributed by atoms with Gasteiger partial charge in [0.1, 0.15) is 12.5 Å². The molecule has 5 nitrogen and oxygen atoms in total. The summed E-state index contributed by atoms with van der Waals surface area (Å²) < 4.78 is 0. The van der Waals surface area contributed by atoms with Crippen molar-refractivity contribution in [3.8, 4) is 0 Å². The molecule has 0 rings (SSSR count). The molecule has 0 aromatic rings. The van der Waals surface area contributed by atoms with E-state index < -0.39 is 18.4 Å². The van der Waals surface area contributed by atoms with Gasteiger partial charge in [-0.3, -0.25) is 9.69 Å². The van der Waals surface area contributed by atoms with Crippen LogP contribution in [-0.4, -0.2) is 45.2 Å². The van der Waals surface area contributed by atoms with E-state index >= 15 is 0 Å². The average molecular weight is 402 g/mol. The van der Waals surface area contributed by atoms with Crippen LogP contribution < -0.4 is 0 Å². The molecule has 0 fully saturated rings. The number of carbonyl (C=O) groups excluding carboxylic acids is 1. The normalized spacial score (nSPS) is 14.6. The van der Waals surface area contributed by atoms with Crippen LogP contribution in [0, 0.1) is 5.92 Å². The van der Waals surface area contributed by atoms with Crippen LogP contribution in [0.25, 0.3) is 0 Å². The summed E-state index contributed by atoms with van der Waals surface area (Å²) in [4.78, 5) is 13.4. The van der Waals surface area contributed by atoms with Gasteiger partial charge in [-0.25, -0.2) is 0 Å². The summed E-state index contributed by atoms with van der Waals surface area (Å²) in [5, 5.41) is 28.8. The van der Waals surface area contributed by atoms with Gasteiger partial charge >= 0.3 is 0 Å². The summed E-state index contributed by atoms with van der Waals surface area (Å²) in [6.45, 7) is 4.91. The largest absolute Gasteiger partial charge is 0.396 e. The zero-order chi connectivity index (χ0) is 21.2. The van der Waals surface area contributed by atoms with E-state index in [2.05, 4.69) is 6.92 Å². The van der Waals surface area contributed by atoms with Gasteiger partial charge in [0.2, 0.25) is 5.91 Å². The Labute approximate surface area is 173 Å². The maximum Gasteiger partial charge on any atom is 0.232 e. The first-order valence-corrected chi connectivity index (χ1v) is 11.7. The molecule has 0 bridgehead atoms. The van der Waals surface area contributed by atoms with Crippen molar-refractivity contribution >= 4 is 5.91 Å². The van der Waals surface area contributed by atoms with Crippen LogP contribution in [0.3, 0.4) is 0 Å². The van der Waals surface area contributed by atoms with E-state index in [1.807, 2.05) is 0 Å². The molecule has 5 heteroatoms. The van der Waals surface area contributed by atoms with Crippen molar-refractivity contribution in [3.05, 3.63) is 0 Å². The van der Waals surface area contributed by atoms with Crippen molar-refractivity contribution in [3.63, 3.8) is 0 Å². The summed E-state index contributed by atoms with van der Waals surface area (Å²) in [6, 6.07) is 0. The van der Waals surface area contributed by atoms with Gasteiger partial charge in [-0.2, -0.15) is 0 Å². The topological polar surface area (TPSA) is 81.0 Å². The third kappa shape index (κ3) is 13.5. The lowest BCUT2D eigenvalue weighted by molar-refractivity contribution is -0.162. The third-order valence-corrected chi connectivity index (χ3v) is 5.54. The van der Waals surface area contributed by atoms with Gasteiger partial charge in [-0.15, -0.1) is 0 Å². The average Bonchev–Trinajstić information content (AvgIpc) is 2.64. The van der Waals surface area contributed by atoms with Crippen LogP contribution in [0.5, 0.6) is 0 Å². The lowest BCUT2D eigenvalue weighted by Crippen LogP contribution is -2.48. The van der Waals surface area contributed by atoms with Crippen LogP contribution >= 0.6 is 0 Å². The fraction of sp³-hybridized carbons (Fsp3) is 0.957. The maximum absolute atomic E-state index is 12.4. The highest BCUT2D eigenvalue weighted by Crippen LogP contribution is 2.18. The molecule has 0 spiro atoms. The molecule has 3 N–H and O–H groups in total. The van der Waals surface area contributed by atoms with Crippen molar-refractivity contribution in [2.24, 2.45) is 5.92 Å². The van der Waals surface area contributed by atoms with E-state index in [-0.39, 0.29) is 12.5 Å². The smallest absolute Gasteiger partial charge is 0.232 e. The summed E-state index contributed by atoms with van der Waals surface area (Å²) in [6.07, 6.45) is 16.5. The summed E-state index contributed by atoms with van der Waals surface area (Å²) >= 11 is 0. The highest BCUT2D eigenvalue weighted by molar-refractivity contribution is 5.79. The minimum absolute atomic E-state index is 0.243. The maximum atomic E-state index is 12.4. The van der Waals surface area contributed by atoms with Crippen LogP contribution in [-0.2, 0) is 4.79 Å². The Balaban J connectivity index is 3.66. The minimum atomic E-state index is -1.06. The first kappa shape index (κ1) is 27.4. The molecule has 0 aliphatic heterocycles. The number of rotatable bonds is 19. The zero-order valence-corrected chi connectivity index (χ0v) is 18.7. The van der Waals surface area contributed by atoms with Gasteiger partial charge in [0.15, 0.2) is 0 Å². The minimum Gasteiger partial charge on any atom is -0.396 e. The first-order valence-electron chi connectivity index (χ1n) is 11.7. The van der Waals surface area contributed by atoms with Crippen molar-refractivity contribution in [1.29, 1.82) is 0 Å². The molecule has 3 unspecified atom stereocenters. The highest BCUT2D eigenvalue weighted by atomic mass is 16.3. The number of hydrogen-bond acceptors (Lipinski definition) is 4. The second-order valence-electron chi connectivity index (χ2n) is 8.27. The number of carbonyl (C=O) groups is 1. The SMILES string of the molecule is CCCCCCCCCCCCCCCCC(CO)C(=O)N(C(C)O)C(C)O. The van der Waals surface area contributed by atoms with Gasteiger partial charge in [0.05, 0.1) is 12.5 Å². The third-order valence-electron chi connectivity index (χ3n) is 5.54. The molecule has 0 saturated carbocycles. The van der Waals surface area contributed by atoms with E-state index in [0.717, 1.165) is 17.7 Å². The Morgan fingerprint density at radius 3 is 1.39 bits per heavy atom. The number of nitrogens with zero attached hydrogens (tertiary/aromatic N) is 1. The molecular formula is C23H47NO4. The molecule has 168 valence electrons. The Morgan fingerprint density at radius 1 is 0.714 bits per heavy atom. The van der Waals surface area contributed by atoms with Crippen LogP contribution in [0.4, 0.5) is 0 Å². The molecule has 3 atom stereocenters. The molecule has 28 heavy (non-hydrogen) atoms. The molecule has 0 radical (unpaired) electrons. The number of amides is 1. The van der Waals surface area contributed by atoms with Crippen molar-refractivity contribution in [2.45, 2.75) is 130 Å². The van der Waals surface area contributed by atoms with E-state index in [4.69, 9.17) is 0 Å². The fourth-order valence-corrected chi connectivity index (χ4v) is 3.77. The Hall–Kier alpha value is -0.650. The second kappa shape index (κ2) is 18.4. The molecule has 1 amide bonds. The number of hydrogen-bond donors (Lipinski definition) is 3. The first-order chi connectivity index (χ1) is 13.5. The van der Waals surface area contributed by atoms with Gasteiger partial charge in [-0.1, -0.05) is 96.8 Å². The lowest BCUT2D eigenvalue weighted by atomic mass is 9.98. The van der Waals surface area contributed by atoms with E-state index in [1.165, 1.54) is 90.9 Å². The molecular weight excluding hydrogens is 354 g/mol. The van der Waals surface area contributed by atoms with Crippen molar-refractivity contribution < 1.29 is 20.1 Å². The zero-order valence-electron chi connectivity index (χ0n) is 18.7. The fourth-order valence-electron chi connectivity index (χ4n) is 3.77. The Kier molecular flexibility index (Phi) is 18.0. The standard InChI is InChI=1S/C23H47NO4/c1-4-5-6-7-8-9-10-11-12-13-14-15-16-17-18-22(19-25)23(28)24(20(2)26)21(3)27/h20-22,25-27H,4-19H2,1-3H3.